The fourth-order valence-corrected chi connectivity index (χ4v) is 5.05. The number of hydrogen-bond donors (Lipinski definition) is 2. The number of amides is 1. The highest BCUT2D eigenvalue weighted by atomic mass is 32.2. The summed E-state index contributed by atoms with van der Waals surface area (Å²) in [5.74, 6) is 0.0168. The van der Waals surface area contributed by atoms with Crippen LogP contribution in [-0.2, 0) is 14.8 Å². The summed E-state index contributed by atoms with van der Waals surface area (Å²) in [6.45, 7) is 4.72. The molecule has 2 N–H and O–H groups in total. The van der Waals surface area contributed by atoms with Gasteiger partial charge < -0.3 is 15.0 Å². The van der Waals surface area contributed by atoms with Gasteiger partial charge in [0.1, 0.15) is 5.82 Å². The highest BCUT2D eigenvalue weighted by Crippen LogP contribution is 2.38. The van der Waals surface area contributed by atoms with Gasteiger partial charge >= 0.3 is 0 Å². The molecule has 0 aliphatic carbocycles. The van der Waals surface area contributed by atoms with Gasteiger partial charge in [0, 0.05) is 32.7 Å². The molecule has 10 heteroatoms. The Bertz CT molecular complexity index is 1070. The maximum atomic E-state index is 13.3. The molecule has 0 bridgehead atoms. The van der Waals surface area contributed by atoms with Gasteiger partial charge in [-0.3, -0.25) is 9.69 Å². The van der Waals surface area contributed by atoms with E-state index in [1.165, 1.54) is 18.2 Å². The molecule has 32 heavy (non-hydrogen) atoms. The Hall–Kier alpha value is -2.69. The molecule has 2 aliphatic heterocycles. The summed E-state index contributed by atoms with van der Waals surface area (Å²) in [6, 6.07) is 10.8. The van der Waals surface area contributed by atoms with Crippen molar-refractivity contribution < 1.29 is 22.3 Å². The molecule has 2 heterocycles. The number of anilines is 2. The summed E-state index contributed by atoms with van der Waals surface area (Å²) in [5, 5.41) is 2.84. The lowest BCUT2D eigenvalue weighted by atomic mass is 10.2. The van der Waals surface area contributed by atoms with Crippen molar-refractivity contribution in [3.05, 3.63) is 48.3 Å². The van der Waals surface area contributed by atoms with E-state index in [0.29, 0.717) is 18.7 Å². The standard InChI is InChI=1S/C22H27FN4O4S/c23-17-5-3-6-18(15-17)32(29,30)24-9-1-2-10-26-11-13-27(14-12-26)20-8-4-7-19-22(20)31-16-21(28)25-19/h3-8,15,24H,1-2,9-14,16H2,(H,25,28). The molecule has 0 radical (unpaired) electrons. The second-order valence-electron chi connectivity index (χ2n) is 7.88. The molecule has 0 saturated carbocycles. The van der Waals surface area contributed by atoms with E-state index in [4.69, 9.17) is 4.74 Å². The quantitative estimate of drug-likeness (QED) is 0.584. The van der Waals surface area contributed by atoms with Gasteiger partial charge in [-0.2, -0.15) is 0 Å². The van der Waals surface area contributed by atoms with Crippen LogP contribution in [0.15, 0.2) is 47.4 Å². The van der Waals surface area contributed by atoms with Gasteiger partial charge in [0.2, 0.25) is 10.0 Å². The van der Waals surface area contributed by atoms with Crippen LogP contribution in [0.2, 0.25) is 0 Å². The van der Waals surface area contributed by atoms with Crippen molar-refractivity contribution in [2.24, 2.45) is 0 Å². The zero-order valence-corrected chi connectivity index (χ0v) is 18.5. The van der Waals surface area contributed by atoms with E-state index >= 15 is 0 Å². The number of nitrogens with zero attached hydrogens (tertiary/aromatic N) is 2. The number of piperazine rings is 1. The molecule has 1 saturated heterocycles. The summed E-state index contributed by atoms with van der Waals surface area (Å²) >= 11 is 0. The Morgan fingerprint density at radius 1 is 1.06 bits per heavy atom. The van der Waals surface area contributed by atoms with Gasteiger partial charge in [-0.15, -0.1) is 0 Å². The lowest BCUT2D eigenvalue weighted by Gasteiger charge is -2.37. The molecule has 8 nitrogen and oxygen atoms in total. The van der Waals surface area contributed by atoms with E-state index in [1.54, 1.807) is 0 Å². The normalized spacial score (nSPS) is 16.9. The first-order valence-corrected chi connectivity index (χ1v) is 12.2. The highest BCUT2D eigenvalue weighted by Gasteiger charge is 2.24. The third kappa shape index (κ3) is 5.37. The highest BCUT2D eigenvalue weighted by molar-refractivity contribution is 7.89. The van der Waals surface area contributed by atoms with Crippen LogP contribution in [0.4, 0.5) is 15.8 Å². The van der Waals surface area contributed by atoms with Crippen molar-refractivity contribution in [1.82, 2.24) is 9.62 Å². The molecule has 1 amide bonds. The number of fused-ring (bicyclic) bond motifs is 1. The first-order chi connectivity index (χ1) is 15.4. The molecular formula is C22H27FN4O4S. The van der Waals surface area contributed by atoms with Crippen LogP contribution in [-0.4, -0.2) is 65.1 Å². The number of carbonyl (C=O) groups is 1. The molecule has 4 rings (SSSR count). The monoisotopic (exact) mass is 462 g/mol. The first-order valence-electron chi connectivity index (χ1n) is 10.7. The number of unbranched alkanes of at least 4 members (excludes halogenated alkanes) is 1. The third-order valence-electron chi connectivity index (χ3n) is 5.63. The molecule has 0 unspecified atom stereocenters. The second kappa shape index (κ2) is 9.85. The van der Waals surface area contributed by atoms with Gasteiger partial charge in [0.05, 0.1) is 16.3 Å². The van der Waals surface area contributed by atoms with Crippen molar-refractivity contribution in [3.63, 3.8) is 0 Å². The minimum atomic E-state index is -3.69. The van der Waals surface area contributed by atoms with Gasteiger partial charge in [-0.25, -0.2) is 17.5 Å². The van der Waals surface area contributed by atoms with E-state index in [2.05, 4.69) is 19.8 Å². The summed E-state index contributed by atoms with van der Waals surface area (Å²) in [4.78, 5) is 16.1. The van der Waals surface area contributed by atoms with E-state index in [9.17, 15) is 17.6 Å². The summed E-state index contributed by atoms with van der Waals surface area (Å²) < 4.78 is 45.9. The van der Waals surface area contributed by atoms with Gasteiger partial charge in [-0.05, 0) is 49.7 Å². The minimum absolute atomic E-state index is 0.0347. The number of halogens is 1. The smallest absolute Gasteiger partial charge is 0.262 e. The van der Waals surface area contributed by atoms with Crippen molar-refractivity contribution in [2.45, 2.75) is 17.7 Å². The van der Waals surface area contributed by atoms with E-state index in [0.717, 1.165) is 56.6 Å². The van der Waals surface area contributed by atoms with Gasteiger partial charge in [-0.1, -0.05) is 12.1 Å². The van der Waals surface area contributed by atoms with Gasteiger partial charge in [0.15, 0.2) is 12.4 Å². The summed E-state index contributed by atoms with van der Waals surface area (Å²) in [5.41, 5.74) is 1.70. The zero-order valence-electron chi connectivity index (χ0n) is 17.7. The number of nitrogens with one attached hydrogen (secondary N) is 2. The lowest BCUT2D eigenvalue weighted by Crippen LogP contribution is -2.47. The molecule has 2 aromatic rings. The van der Waals surface area contributed by atoms with Crippen LogP contribution in [0.25, 0.3) is 0 Å². The second-order valence-corrected chi connectivity index (χ2v) is 9.65. The number of rotatable bonds is 8. The maximum Gasteiger partial charge on any atom is 0.262 e. The Kier molecular flexibility index (Phi) is 6.92. The van der Waals surface area contributed by atoms with Crippen LogP contribution in [0.3, 0.4) is 0 Å². The van der Waals surface area contributed by atoms with Crippen molar-refractivity contribution in [2.75, 3.05) is 56.1 Å². The molecule has 0 aromatic heterocycles. The number of carbonyl (C=O) groups excluding carboxylic acids is 1. The van der Waals surface area contributed by atoms with E-state index < -0.39 is 15.8 Å². The average Bonchev–Trinajstić information content (AvgIpc) is 2.78. The van der Waals surface area contributed by atoms with Crippen molar-refractivity contribution in [1.29, 1.82) is 0 Å². The SMILES string of the molecule is O=C1COc2c(cccc2N2CCN(CCCCNS(=O)(=O)c3cccc(F)c3)CC2)N1. The van der Waals surface area contributed by atoms with Crippen molar-refractivity contribution in [3.8, 4) is 5.75 Å². The van der Waals surface area contributed by atoms with Crippen LogP contribution in [0.5, 0.6) is 5.75 Å². The molecule has 0 spiro atoms. The van der Waals surface area contributed by atoms with Crippen LogP contribution < -0.4 is 19.7 Å². The van der Waals surface area contributed by atoms with Crippen LogP contribution in [0.1, 0.15) is 12.8 Å². The van der Waals surface area contributed by atoms with E-state index in [1.807, 2.05) is 18.2 Å². The number of ether oxygens (including phenoxy) is 1. The number of hydrogen-bond acceptors (Lipinski definition) is 6. The fraction of sp³-hybridized carbons (Fsp3) is 0.409. The fourth-order valence-electron chi connectivity index (χ4n) is 3.94. The summed E-state index contributed by atoms with van der Waals surface area (Å²) in [7, 11) is -3.69. The Balaban J connectivity index is 1.20. The molecule has 0 atom stereocenters. The largest absolute Gasteiger partial charge is 0.479 e. The number of benzene rings is 2. The molecule has 2 aromatic carbocycles. The van der Waals surface area contributed by atoms with Gasteiger partial charge in [0.25, 0.3) is 5.91 Å². The van der Waals surface area contributed by atoms with E-state index in [-0.39, 0.29) is 17.4 Å². The Morgan fingerprint density at radius 3 is 2.62 bits per heavy atom. The first kappa shape index (κ1) is 22.5. The Labute approximate surface area is 187 Å². The van der Waals surface area contributed by atoms with Crippen LogP contribution >= 0.6 is 0 Å². The summed E-state index contributed by atoms with van der Waals surface area (Å²) in [6.07, 6.45) is 1.57. The zero-order chi connectivity index (χ0) is 22.6. The maximum absolute atomic E-state index is 13.3. The topological polar surface area (TPSA) is 91.0 Å². The predicted molar refractivity (Wildman–Crippen MR) is 120 cm³/mol. The minimum Gasteiger partial charge on any atom is -0.479 e. The molecule has 2 aliphatic rings. The van der Waals surface area contributed by atoms with Crippen LogP contribution in [0, 0.1) is 5.82 Å². The molecule has 1 fully saturated rings. The predicted octanol–water partition coefficient (Wildman–Crippen LogP) is 2.04. The third-order valence-corrected chi connectivity index (χ3v) is 7.09. The molecular weight excluding hydrogens is 435 g/mol. The number of para-hydroxylation sites is 1. The average molecular weight is 463 g/mol. The molecule has 172 valence electrons. The number of sulfonamides is 1. The Morgan fingerprint density at radius 2 is 1.84 bits per heavy atom. The van der Waals surface area contributed by atoms with Crippen molar-refractivity contribution >= 4 is 27.3 Å². The lowest BCUT2D eigenvalue weighted by molar-refractivity contribution is -0.118.